The number of H-pyrrole nitrogens is 1. The van der Waals surface area contributed by atoms with Crippen LogP contribution in [0.3, 0.4) is 0 Å². The average molecular weight is 273 g/mol. The summed E-state index contributed by atoms with van der Waals surface area (Å²) in [5, 5.41) is 0.109. The lowest BCUT2D eigenvalue weighted by Crippen LogP contribution is -2.34. The lowest BCUT2D eigenvalue weighted by Gasteiger charge is -2.18. The van der Waals surface area contributed by atoms with Crippen LogP contribution in [0.1, 0.15) is 12.7 Å². The van der Waals surface area contributed by atoms with Gasteiger partial charge in [0.25, 0.3) is 10.0 Å². The van der Waals surface area contributed by atoms with E-state index < -0.39 is 10.0 Å². The Kier molecular flexibility index (Phi) is 5.52. The van der Waals surface area contributed by atoms with Crippen LogP contribution in [0.25, 0.3) is 0 Å². The molecule has 7 heteroatoms. The number of nitrogens with zero attached hydrogens (tertiary/aromatic N) is 2. The molecule has 1 heterocycles. The summed E-state index contributed by atoms with van der Waals surface area (Å²) in [5.41, 5.74) is 0. The van der Waals surface area contributed by atoms with Crippen LogP contribution in [-0.4, -0.2) is 49.5 Å². The molecule has 0 fully saturated rings. The molecule has 0 radical (unpaired) electrons. The maximum atomic E-state index is 12.3. The molecule has 0 aromatic carbocycles. The molecule has 0 bridgehead atoms. The first-order chi connectivity index (χ1) is 8.56. The number of hydrogen-bond donors (Lipinski definition) is 1. The Morgan fingerprint density at radius 2 is 2.33 bits per heavy atom. The Morgan fingerprint density at radius 1 is 1.61 bits per heavy atom. The zero-order valence-corrected chi connectivity index (χ0v) is 11.5. The topological polar surface area (TPSA) is 75.3 Å². The van der Waals surface area contributed by atoms with Crippen LogP contribution in [0.2, 0.25) is 0 Å². The van der Waals surface area contributed by atoms with E-state index in [-0.39, 0.29) is 18.1 Å². The molecule has 1 aromatic rings. The number of methoxy groups -OCH3 is 1. The van der Waals surface area contributed by atoms with E-state index in [0.29, 0.717) is 18.9 Å². The van der Waals surface area contributed by atoms with Crippen molar-refractivity contribution < 1.29 is 13.2 Å². The Hall–Kier alpha value is -1.18. The standard InChI is InChI=1S/C11H19N3O3S/c1-4-6-14(7-8-17-3)18(15,16)11-9-12-10(5-2)13-11/h4,9H,1,5-8H2,2-3H3,(H,12,13). The number of nitrogens with one attached hydrogen (secondary N) is 1. The van der Waals surface area contributed by atoms with Gasteiger partial charge in [0.2, 0.25) is 0 Å². The first-order valence-corrected chi connectivity index (χ1v) is 7.14. The lowest BCUT2D eigenvalue weighted by atomic mass is 10.5. The minimum absolute atomic E-state index is 0.109. The van der Waals surface area contributed by atoms with Gasteiger partial charge in [-0.15, -0.1) is 6.58 Å². The number of ether oxygens (including phenoxy) is 1. The van der Waals surface area contributed by atoms with Gasteiger partial charge in [0.15, 0.2) is 5.03 Å². The first kappa shape index (κ1) is 14.9. The molecule has 1 N–H and O–H groups in total. The number of hydrogen-bond acceptors (Lipinski definition) is 4. The van der Waals surface area contributed by atoms with Gasteiger partial charge in [0, 0.05) is 26.6 Å². The summed E-state index contributed by atoms with van der Waals surface area (Å²) in [5.74, 6) is 0.652. The minimum Gasteiger partial charge on any atom is -0.383 e. The number of aromatic amines is 1. The molecule has 0 spiro atoms. The third-order valence-corrected chi connectivity index (χ3v) is 4.21. The van der Waals surface area contributed by atoms with E-state index in [4.69, 9.17) is 4.74 Å². The molecule has 0 saturated carbocycles. The monoisotopic (exact) mass is 273 g/mol. The van der Waals surface area contributed by atoms with Gasteiger partial charge in [0.1, 0.15) is 5.82 Å². The summed E-state index contributed by atoms with van der Waals surface area (Å²) < 4.78 is 30.8. The van der Waals surface area contributed by atoms with Gasteiger partial charge in [-0.3, -0.25) is 0 Å². The van der Waals surface area contributed by atoms with Gasteiger partial charge in [0.05, 0.1) is 12.8 Å². The van der Waals surface area contributed by atoms with Crippen LogP contribution >= 0.6 is 0 Å². The maximum absolute atomic E-state index is 12.3. The van der Waals surface area contributed by atoms with Crippen LogP contribution in [0.5, 0.6) is 0 Å². The Labute approximate surface area is 108 Å². The van der Waals surface area contributed by atoms with Crippen molar-refractivity contribution in [2.75, 3.05) is 26.8 Å². The van der Waals surface area contributed by atoms with Crippen LogP contribution in [-0.2, 0) is 21.2 Å². The van der Waals surface area contributed by atoms with Crippen LogP contribution in [0.4, 0.5) is 0 Å². The summed E-state index contributed by atoms with van der Waals surface area (Å²) in [6, 6.07) is 0. The fourth-order valence-corrected chi connectivity index (χ4v) is 2.77. The summed E-state index contributed by atoms with van der Waals surface area (Å²) in [4.78, 5) is 6.81. The van der Waals surface area contributed by atoms with Crippen LogP contribution in [0, 0.1) is 0 Å². The highest BCUT2D eigenvalue weighted by Crippen LogP contribution is 2.13. The minimum atomic E-state index is -3.56. The van der Waals surface area contributed by atoms with Crippen molar-refractivity contribution in [2.45, 2.75) is 18.4 Å². The molecule has 0 atom stereocenters. The second kappa shape index (κ2) is 6.67. The molecular formula is C11H19N3O3S. The second-order valence-corrected chi connectivity index (χ2v) is 5.60. The zero-order valence-electron chi connectivity index (χ0n) is 10.7. The van der Waals surface area contributed by atoms with Gasteiger partial charge in [-0.1, -0.05) is 13.0 Å². The molecule has 1 aromatic heterocycles. The SMILES string of the molecule is C=CCN(CCOC)S(=O)(=O)c1cnc(CC)[nH]1. The van der Waals surface area contributed by atoms with E-state index in [9.17, 15) is 8.42 Å². The first-order valence-electron chi connectivity index (χ1n) is 5.70. The van der Waals surface area contributed by atoms with Crippen molar-refractivity contribution in [1.82, 2.24) is 14.3 Å². The van der Waals surface area contributed by atoms with Gasteiger partial charge in [-0.2, -0.15) is 4.31 Å². The fourth-order valence-electron chi connectivity index (χ4n) is 1.44. The van der Waals surface area contributed by atoms with E-state index in [0.717, 1.165) is 0 Å². The molecule has 102 valence electrons. The third-order valence-electron chi connectivity index (χ3n) is 2.44. The number of imidazole rings is 1. The third kappa shape index (κ3) is 3.41. The molecule has 0 aliphatic carbocycles. The highest BCUT2D eigenvalue weighted by Gasteiger charge is 2.25. The Balaban J connectivity index is 2.96. The van der Waals surface area contributed by atoms with Crippen molar-refractivity contribution in [1.29, 1.82) is 0 Å². The molecule has 0 unspecified atom stereocenters. The molecule has 0 aliphatic heterocycles. The number of sulfonamides is 1. The smallest absolute Gasteiger partial charge is 0.260 e. The van der Waals surface area contributed by atoms with Crippen molar-refractivity contribution in [2.24, 2.45) is 0 Å². The van der Waals surface area contributed by atoms with Gasteiger partial charge in [-0.05, 0) is 0 Å². The van der Waals surface area contributed by atoms with Gasteiger partial charge in [-0.25, -0.2) is 13.4 Å². The quantitative estimate of drug-likeness (QED) is 0.711. The fraction of sp³-hybridized carbons (Fsp3) is 0.545. The van der Waals surface area contributed by atoms with E-state index in [2.05, 4.69) is 16.5 Å². The van der Waals surface area contributed by atoms with Gasteiger partial charge >= 0.3 is 0 Å². The molecule has 1 rings (SSSR count). The largest absolute Gasteiger partial charge is 0.383 e. The highest BCUT2D eigenvalue weighted by molar-refractivity contribution is 7.89. The van der Waals surface area contributed by atoms with Crippen molar-refractivity contribution in [3.05, 3.63) is 24.7 Å². The predicted octanol–water partition coefficient (Wildman–Crippen LogP) is 0.795. The molecule has 18 heavy (non-hydrogen) atoms. The molecular weight excluding hydrogens is 254 g/mol. The summed E-state index contributed by atoms with van der Waals surface area (Å²) >= 11 is 0. The molecule has 0 saturated heterocycles. The summed E-state index contributed by atoms with van der Waals surface area (Å²) in [6.45, 7) is 6.33. The van der Waals surface area contributed by atoms with Crippen LogP contribution in [0.15, 0.2) is 23.9 Å². The van der Waals surface area contributed by atoms with E-state index in [1.54, 1.807) is 6.08 Å². The Bertz CT molecular complexity index is 481. The molecule has 6 nitrogen and oxygen atoms in total. The van der Waals surface area contributed by atoms with Crippen molar-refractivity contribution in [3.63, 3.8) is 0 Å². The van der Waals surface area contributed by atoms with Gasteiger partial charge < -0.3 is 9.72 Å². The van der Waals surface area contributed by atoms with Crippen molar-refractivity contribution >= 4 is 10.0 Å². The zero-order chi connectivity index (χ0) is 13.6. The van der Waals surface area contributed by atoms with E-state index in [1.165, 1.54) is 17.6 Å². The van der Waals surface area contributed by atoms with Crippen molar-refractivity contribution in [3.8, 4) is 0 Å². The maximum Gasteiger partial charge on any atom is 0.260 e. The average Bonchev–Trinajstić information content (AvgIpc) is 2.83. The summed E-state index contributed by atoms with van der Waals surface area (Å²) in [7, 11) is -2.03. The number of rotatable bonds is 8. The van der Waals surface area contributed by atoms with E-state index in [1.807, 2.05) is 6.92 Å². The highest BCUT2D eigenvalue weighted by atomic mass is 32.2. The molecule has 0 aliphatic rings. The van der Waals surface area contributed by atoms with Crippen LogP contribution < -0.4 is 0 Å². The summed E-state index contributed by atoms with van der Waals surface area (Å²) in [6.07, 6.45) is 3.55. The normalized spacial score (nSPS) is 11.9. The Morgan fingerprint density at radius 3 is 2.83 bits per heavy atom. The lowest BCUT2D eigenvalue weighted by molar-refractivity contribution is 0.182. The predicted molar refractivity (Wildman–Crippen MR) is 68.8 cm³/mol. The number of aryl methyl sites for hydroxylation is 1. The molecule has 0 amide bonds. The number of aromatic nitrogens is 2. The second-order valence-electron chi connectivity index (χ2n) is 3.69. The van der Waals surface area contributed by atoms with E-state index >= 15 is 0 Å².